The topological polar surface area (TPSA) is 29.5 Å². The third kappa shape index (κ3) is 5.00. The van der Waals surface area contributed by atoms with Crippen LogP contribution in [0.1, 0.15) is 32.8 Å². The second-order valence-corrected chi connectivity index (χ2v) is 4.46. The number of nitrogens with zero attached hydrogens (tertiary/aromatic N) is 1. The highest BCUT2D eigenvalue weighted by molar-refractivity contribution is 5.74. The van der Waals surface area contributed by atoms with Gasteiger partial charge in [-0.2, -0.15) is 0 Å². The quantitative estimate of drug-likeness (QED) is 0.709. The molecular weight excluding hydrogens is 214 g/mol. The van der Waals surface area contributed by atoms with Crippen molar-refractivity contribution in [3.05, 3.63) is 35.9 Å². The van der Waals surface area contributed by atoms with Crippen molar-refractivity contribution in [2.24, 2.45) is 5.92 Å². The van der Waals surface area contributed by atoms with Crippen LogP contribution in [0, 0.1) is 5.92 Å². The first-order chi connectivity index (χ1) is 8.13. The summed E-state index contributed by atoms with van der Waals surface area (Å²) in [6, 6.07) is 9.88. The zero-order valence-electron chi connectivity index (χ0n) is 10.8. The number of hydrogen-bond donors (Lipinski definition) is 0. The normalized spacial score (nSPS) is 10.6. The molecule has 0 aliphatic rings. The Balaban J connectivity index is 2.52. The zero-order chi connectivity index (χ0) is 12.7. The molecule has 0 bridgehead atoms. The molecule has 1 amide bonds. The predicted octanol–water partition coefficient (Wildman–Crippen LogP) is 3.01. The van der Waals surface area contributed by atoms with Gasteiger partial charge in [0.25, 0.3) is 0 Å². The first-order valence-corrected chi connectivity index (χ1v) is 6.10. The summed E-state index contributed by atoms with van der Waals surface area (Å²) in [6.07, 6.45) is 0.474. The molecule has 0 saturated carbocycles. The van der Waals surface area contributed by atoms with E-state index in [2.05, 4.69) is 13.8 Å². The van der Waals surface area contributed by atoms with Crippen LogP contribution in [-0.2, 0) is 16.2 Å². The van der Waals surface area contributed by atoms with Gasteiger partial charge in [0.1, 0.15) is 6.61 Å². The van der Waals surface area contributed by atoms with Gasteiger partial charge < -0.3 is 0 Å². The fourth-order valence-electron chi connectivity index (χ4n) is 1.46. The lowest BCUT2D eigenvalue weighted by molar-refractivity contribution is -0.194. The molecule has 0 atom stereocenters. The molecule has 0 N–H and O–H groups in total. The average molecular weight is 235 g/mol. The van der Waals surface area contributed by atoms with Gasteiger partial charge in [0.15, 0.2) is 0 Å². The van der Waals surface area contributed by atoms with Crippen LogP contribution < -0.4 is 0 Å². The number of carbonyl (C=O) groups excluding carboxylic acids is 1. The van der Waals surface area contributed by atoms with Crippen LogP contribution in [0.5, 0.6) is 0 Å². The first kappa shape index (κ1) is 13.7. The lowest BCUT2D eigenvalue weighted by Gasteiger charge is -2.23. The Labute approximate surface area is 103 Å². The van der Waals surface area contributed by atoms with E-state index in [4.69, 9.17) is 4.84 Å². The lowest BCUT2D eigenvalue weighted by Crippen LogP contribution is -2.33. The number of hydroxylamine groups is 2. The third-order valence-electron chi connectivity index (χ3n) is 2.34. The largest absolute Gasteiger partial charge is 0.273 e. The van der Waals surface area contributed by atoms with Crippen molar-refractivity contribution in [3.8, 4) is 0 Å². The minimum absolute atomic E-state index is 0.0367. The summed E-state index contributed by atoms with van der Waals surface area (Å²) < 4.78 is 0. The van der Waals surface area contributed by atoms with Crippen molar-refractivity contribution in [2.75, 3.05) is 6.54 Å². The average Bonchev–Trinajstić information content (AvgIpc) is 2.34. The molecule has 17 heavy (non-hydrogen) atoms. The van der Waals surface area contributed by atoms with E-state index in [1.54, 1.807) is 0 Å². The van der Waals surface area contributed by atoms with Gasteiger partial charge in [-0.05, 0) is 11.5 Å². The Morgan fingerprint density at radius 2 is 1.94 bits per heavy atom. The smallest absolute Gasteiger partial charge is 0.245 e. The highest BCUT2D eigenvalue weighted by Crippen LogP contribution is 2.07. The van der Waals surface area contributed by atoms with Gasteiger partial charge >= 0.3 is 0 Å². The molecule has 3 heteroatoms. The van der Waals surface area contributed by atoms with Crippen molar-refractivity contribution in [2.45, 2.75) is 33.8 Å². The molecule has 1 aromatic carbocycles. The Morgan fingerprint density at radius 3 is 2.47 bits per heavy atom. The SMILES string of the molecule is CCC(=O)N(CC(C)C)OCc1ccccc1. The van der Waals surface area contributed by atoms with Crippen LogP contribution in [0.4, 0.5) is 0 Å². The van der Waals surface area contributed by atoms with Crippen LogP contribution in [0.25, 0.3) is 0 Å². The van der Waals surface area contributed by atoms with E-state index in [-0.39, 0.29) is 5.91 Å². The van der Waals surface area contributed by atoms with E-state index in [0.29, 0.717) is 25.5 Å². The maximum absolute atomic E-state index is 11.7. The molecule has 3 nitrogen and oxygen atoms in total. The third-order valence-corrected chi connectivity index (χ3v) is 2.34. The van der Waals surface area contributed by atoms with E-state index in [1.807, 2.05) is 37.3 Å². The van der Waals surface area contributed by atoms with Gasteiger partial charge in [0.05, 0.1) is 6.54 Å². The van der Waals surface area contributed by atoms with Gasteiger partial charge in [0, 0.05) is 6.42 Å². The number of hydrogen-bond acceptors (Lipinski definition) is 2. The molecular formula is C14H21NO2. The maximum atomic E-state index is 11.7. The number of carbonyl (C=O) groups is 1. The minimum atomic E-state index is 0.0367. The highest BCUT2D eigenvalue weighted by atomic mass is 16.7. The molecule has 94 valence electrons. The van der Waals surface area contributed by atoms with E-state index < -0.39 is 0 Å². The molecule has 0 radical (unpaired) electrons. The van der Waals surface area contributed by atoms with Gasteiger partial charge in [-0.25, -0.2) is 5.06 Å². The molecule has 0 spiro atoms. The van der Waals surface area contributed by atoms with Crippen LogP contribution in [0.15, 0.2) is 30.3 Å². The molecule has 0 aliphatic heterocycles. The summed E-state index contributed by atoms with van der Waals surface area (Å²) in [7, 11) is 0. The fourth-order valence-corrected chi connectivity index (χ4v) is 1.46. The lowest BCUT2D eigenvalue weighted by atomic mass is 10.2. The Bertz CT molecular complexity index is 335. The molecule has 1 aromatic rings. The minimum Gasteiger partial charge on any atom is -0.273 e. The molecule has 0 fully saturated rings. The zero-order valence-corrected chi connectivity index (χ0v) is 10.8. The van der Waals surface area contributed by atoms with Crippen molar-refractivity contribution < 1.29 is 9.63 Å². The van der Waals surface area contributed by atoms with Gasteiger partial charge in [0.2, 0.25) is 5.91 Å². The Morgan fingerprint density at radius 1 is 1.29 bits per heavy atom. The van der Waals surface area contributed by atoms with Crippen molar-refractivity contribution >= 4 is 5.91 Å². The number of rotatable bonds is 6. The Hall–Kier alpha value is -1.35. The second-order valence-electron chi connectivity index (χ2n) is 4.46. The van der Waals surface area contributed by atoms with E-state index in [0.717, 1.165) is 5.56 Å². The summed E-state index contributed by atoms with van der Waals surface area (Å²) >= 11 is 0. The van der Waals surface area contributed by atoms with E-state index in [1.165, 1.54) is 5.06 Å². The van der Waals surface area contributed by atoms with Crippen molar-refractivity contribution in [3.63, 3.8) is 0 Å². The van der Waals surface area contributed by atoms with Gasteiger partial charge in [-0.15, -0.1) is 0 Å². The monoisotopic (exact) mass is 235 g/mol. The van der Waals surface area contributed by atoms with E-state index in [9.17, 15) is 4.79 Å². The van der Waals surface area contributed by atoms with Crippen LogP contribution in [0.3, 0.4) is 0 Å². The number of benzene rings is 1. The molecule has 0 unspecified atom stereocenters. The van der Waals surface area contributed by atoms with Crippen molar-refractivity contribution in [1.29, 1.82) is 0 Å². The van der Waals surface area contributed by atoms with Gasteiger partial charge in [-0.3, -0.25) is 9.63 Å². The molecule has 0 heterocycles. The molecule has 0 aliphatic carbocycles. The summed E-state index contributed by atoms with van der Waals surface area (Å²) in [5.74, 6) is 0.441. The maximum Gasteiger partial charge on any atom is 0.245 e. The molecule has 0 aromatic heterocycles. The highest BCUT2D eigenvalue weighted by Gasteiger charge is 2.13. The fraction of sp³-hybridized carbons (Fsp3) is 0.500. The summed E-state index contributed by atoms with van der Waals surface area (Å²) in [5, 5.41) is 1.48. The summed E-state index contributed by atoms with van der Waals surface area (Å²) in [5.41, 5.74) is 1.07. The van der Waals surface area contributed by atoms with Gasteiger partial charge in [-0.1, -0.05) is 51.1 Å². The second kappa shape index (κ2) is 7.07. The summed E-state index contributed by atoms with van der Waals surface area (Å²) in [4.78, 5) is 17.2. The Kier molecular flexibility index (Phi) is 5.70. The molecule has 0 saturated heterocycles. The number of amides is 1. The van der Waals surface area contributed by atoms with Crippen LogP contribution >= 0.6 is 0 Å². The summed E-state index contributed by atoms with van der Waals surface area (Å²) in [6.45, 7) is 7.07. The van der Waals surface area contributed by atoms with E-state index >= 15 is 0 Å². The predicted molar refractivity (Wildman–Crippen MR) is 68.1 cm³/mol. The van der Waals surface area contributed by atoms with Crippen LogP contribution in [0.2, 0.25) is 0 Å². The first-order valence-electron chi connectivity index (χ1n) is 6.10. The van der Waals surface area contributed by atoms with Crippen LogP contribution in [-0.4, -0.2) is 17.5 Å². The van der Waals surface area contributed by atoms with Crippen molar-refractivity contribution in [1.82, 2.24) is 5.06 Å². The molecule has 1 rings (SSSR count). The standard InChI is InChI=1S/C14H21NO2/c1-4-14(16)15(10-12(2)3)17-11-13-8-6-5-7-9-13/h5-9,12H,4,10-11H2,1-3H3.